The highest BCUT2D eigenvalue weighted by Crippen LogP contribution is 2.31. The van der Waals surface area contributed by atoms with Crippen LogP contribution in [-0.2, 0) is 20.4 Å². The Morgan fingerprint density at radius 2 is 2.00 bits per heavy atom. The fourth-order valence-electron chi connectivity index (χ4n) is 2.06. The van der Waals surface area contributed by atoms with E-state index in [0.29, 0.717) is 19.4 Å². The minimum Gasteiger partial charge on any atom is -0.481 e. The predicted octanol–water partition coefficient (Wildman–Crippen LogP) is 0.370. The molecule has 1 amide bonds. The molecule has 98 valence electrons. The van der Waals surface area contributed by atoms with Gasteiger partial charge < -0.3 is 10.4 Å². The van der Waals surface area contributed by atoms with Crippen LogP contribution in [-0.4, -0.2) is 39.2 Å². The highest BCUT2D eigenvalue weighted by Gasteiger charge is 2.37. The van der Waals surface area contributed by atoms with Crippen LogP contribution in [0.15, 0.2) is 0 Å². The Morgan fingerprint density at radius 3 is 2.53 bits per heavy atom. The molecule has 1 rings (SSSR count). The van der Waals surface area contributed by atoms with Gasteiger partial charge in [-0.15, -0.1) is 0 Å². The summed E-state index contributed by atoms with van der Waals surface area (Å²) in [7, 11) is -0.977. The SMILES string of the molecule is CC(CNC(=O)[C@@H]1CCC[C@@H]1C(=O)O)S(C)=O. The molecule has 1 fully saturated rings. The summed E-state index contributed by atoms with van der Waals surface area (Å²) in [4.78, 5) is 22.7. The van der Waals surface area contributed by atoms with E-state index in [1.807, 2.05) is 0 Å². The first kappa shape index (κ1) is 14.2. The molecule has 0 radical (unpaired) electrons. The molecular formula is C11H19NO4S. The Balaban J connectivity index is 2.47. The van der Waals surface area contributed by atoms with Crippen molar-refractivity contribution in [3.8, 4) is 0 Å². The molecule has 4 atom stereocenters. The third kappa shape index (κ3) is 3.80. The predicted molar refractivity (Wildman–Crippen MR) is 65.0 cm³/mol. The molecule has 2 unspecified atom stereocenters. The summed E-state index contributed by atoms with van der Waals surface area (Å²) >= 11 is 0. The maximum absolute atomic E-state index is 11.8. The summed E-state index contributed by atoms with van der Waals surface area (Å²) < 4.78 is 11.1. The van der Waals surface area contributed by atoms with Gasteiger partial charge in [-0.3, -0.25) is 13.8 Å². The number of amides is 1. The van der Waals surface area contributed by atoms with Crippen molar-refractivity contribution in [2.75, 3.05) is 12.8 Å². The molecule has 0 aliphatic heterocycles. The van der Waals surface area contributed by atoms with Crippen LogP contribution < -0.4 is 5.32 Å². The van der Waals surface area contributed by atoms with Crippen molar-refractivity contribution in [1.29, 1.82) is 0 Å². The fourth-order valence-corrected chi connectivity index (χ4v) is 2.38. The molecule has 0 aromatic carbocycles. The van der Waals surface area contributed by atoms with Crippen LogP contribution in [0.1, 0.15) is 26.2 Å². The second-order valence-corrected chi connectivity index (χ2v) is 6.34. The molecular weight excluding hydrogens is 242 g/mol. The first-order valence-corrected chi connectivity index (χ1v) is 7.38. The molecule has 17 heavy (non-hydrogen) atoms. The summed E-state index contributed by atoms with van der Waals surface area (Å²) in [6, 6.07) is 0. The van der Waals surface area contributed by atoms with Gasteiger partial charge >= 0.3 is 5.97 Å². The van der Waals surface area contributed by atoms with Crippen molar-refractivity contribution in [3.05, 3.63) is 0 Å². The van der Waals surface area contributed by atoms with E-state index in [4.69, 9.17) is 5.11 Å². The second-order valence-electron chi connectivity index (χ2n) is 4.54. The van der Waals surface area contributed by atoms with Crippen LogP contribution in [0.3, 0.4) is 0 Å². The second kappa shape index (κ2) is 6.14. The number of hydrogen-bond donors (Lipinski definition) is 2. The van der Waals surface area contributed by atoms with Gasteiger partial charge in [-0.1, -0.05) is 6.42 Å². The van der Waals surface area contributed by atoms with Crippen molar-refractivity contribution in [1.82, 2.24) is 5.32 Å². The molecule has 0 bridgehead atoms. The van der Waals surface area contributed by atoms with Gasteiger partial charge in [-0.2, -0.15) is 0 Å². The summed E-state index contributed by atoms with van der Waals surface area (Å²) in [6.45, 7) is 2.13. The smallest absolute Gasteiger partial charge is 0.307 e. The summed E-state index contributed by atoms with van der Waals surface area (Å²) in [5.74, 6) is -2.09. The zero-order valence-electron chi connectivity index (χ0n) is 10.1. The van der Waals surface area contributed by atoms with Gasteiger partial charge in [0, 0.05) is 28.9 Å². The topological polar surface area (TPSA) is 83.5 Å². The van der Waals surface area contributed by atoms with Crippen LogP contribution in [0, 0.1) is 11.8 Å². The minimum absolute atomic E-state index is 0.108. The quantitative estimate of drug-likeness (QED) is 0.749. The van der Waals surface area contributed by atoms with Gasteiger partial charge in [0.15, 0.2) is 0 Å². The number of carboxylic acids is 1. The lowest BCUT2D eigenvalue weighted by molar-refractivity contribution is -0.146. The lowest BCUT2D eigenvalue weighted by Gasteiger charge is -2.17. The van der Waals surface area contributed by atoms with Gasteiger partial charge in [-0.05, 0) is 19.8 Å². The average Bonchev–Trinajstić information content (AvgIpc) is 2.73. The van der Waals surface area contributed by atoms with Crippen LogP contribution in [0.2, 0.25) is 0 Å². The monoisotopic (exact) mass is 261 g/mol. The number of carbonyl (C=O) groups excluding carboxylic acids is 1. The zero-order chi connectivity index (χ0) is 13.0. The van der Waals surface area contributed by atoms with Crippen LogP contribution in [0.4, 0.5) is 0 Å². The standard InChI is InChI=1S/C11H19NO4S/c1-7(17(2)16)6-12-10(13)8-4-3-5-9(8)11(14)15/h7-9H,3-6H2,1-2H3,(H,12,13)(H,14,15)/t7?,8-,9+,17?/m1/s1. The first-order valence-electron chi connectivity index (χ1n) is 5.76. The summed E-state index contributed by atoms with van der Waals surface area (Å²) in [6.07, 6.45) is 3.58. The molecule has 6 heteroatoms. The van der Waals surface area contributed by atoms with E-state index in [1.54, 1.807) is 13.2 Å². The normalized spacial score (nSPS) is 27.4. The first-order chi connectivity index (χ1) is 7.93. The van der Waals surface area contributed by atoms with Crippen LogP contribution in [0.5, 0.6) is 0 Å². The number of nitrogens with one attached hydrogen (secondary N) is 1. The van der Waals surface area contributed by atoms with E-state index in [2.05, 4.69) is 5.32 Å². The zero-order valence-corrected chi connectivity index (χ0v) is 11.0. The van der Waals surface area contributed by atoms with Gasteiger partial charge in [0.2, 0.25) is 5.91 Å². The Labute approximate surface area is 103 Å². The Hall–Kier alpha value is -0.910. The molecule has 0 saturated heterocycles. The van der Waals surface area contributed by atoms with Gasteiger partial charge in [0.05, 0.1) is 11.8 Å². The number of carboxylic acid groups (broad SMARTS) is 1. The van der Waals surface area contributed by atoms with E-state index in [9.17, 15) is 13.8 Å². The molecule has 1 aliphatic carbocycles. The Bertz CT molecular complexity index is 331. The highest BCUT2D eigenvalue weighted by atomic mass is 32.2. The molecule has 1 saturated carbocycles. The van der Waals surface area contributed by atoms with E-state index >= 15 is 0 Å². The van der Waals surface area contributed by atoms with E-state index in [0.717, 1.165) is 6.42 Å². The summed E-state index contributed by atoms with van der Waals surface area (Å²) in [5.41, 5.74) is 0. The van der Waals surface area contributed by atoms with Crippen LogP contribution in [0.25, 0.3) is 0 Å². The molecule has 0 heterocycles. The maximum Gasteiger partial charge on any atom is 0.307 e. The maximum atomic E-state index is 11.8. The van der Waals surface area contributed by atoms with Gasteiger partial charge in [0.1, 0.15) is 0 Å². The minimum atomic E-state index is -0.977. The average molecular weight is 261 g/mol. The van der Waals surface area contributed by atoms with Crippen molar-refractivity contribution in [2.24, 2.45) is 11.8 Å². The van der Waals surface area contributed by atoms with E-state index in [1.165, 1.54) is 0 Å². The lowest BCUT2D eigenvalue weighted by Crippen LogP contribution is -2.39. The molecule has 0 aromatic heterocycles. The summed E-state index contributed by atoms with van der Waals surface area (Å²) in [5, 5.41) is 11.6. The lowest BCUT2D eigenvalue weighted by atomic mass is 9.95. The highest BCUT2D eigenvalue weighted by molar-refractivity contribution is 7.84. The number of carbonyl (C=O) groups is 2. The third-order valence-corrected chi connectivity index (χ3v) is 4.60. The molecule has 5 nitrogen and oxygen atoms in total. The van der Waals surface area contributed by atoms with E-state index < -0.39 is 28.6 Å². The number of rotatable bonds is 5. The fraction of sp³-hybridized carbons (Fsp3) is 0.818. The van der Waals surface area contributed by atoms with Crippen LogP contribution >= 0.6 is 0 Å². The molecule has 2 N–H and O–H groups in total. The van der Waals surface area contributed by atoms with Crippen molar-refractivity contribution >= 4 is 22.7 Å². The Kier molecular flexibility index (Phi) is 5.11. The van der Waals surface area contributed by atoms with Gasteiger partial charge in [0.25, 0.3) is 0 Å². The van der Waals surface area contributed by atoms with Crippen molar-refractivity contribution < 1.29 is 18.9 Å². The van der Waals surface area contributed by atoms with E-state index in [-0.39, 0.29) is 11.2 Å². The number of aliphatic carboxylic acids is 1. The van der Waals surface area contributed by atoms with Crippen molar-refractivity contribution in [2.45, 2.75) is 31.4 Å². The Morgan fingerprint density at radius 1 is 1.41 bits per heavy atom. The molecule has 1 aliphatic rings. The number of hydrogen-bond acceptors (Lipinski definition) is 3. The molecule has 0 aromatic rings. The third-order valence-electron chi connectivity index (χ3n) is 3.30. The molecule has 0 spiro atoms. The van der Waals surface area contributed by atoms with Crippen molar-refractivity contribution in [3.63, 3.8) is 0 Å². The van der Waals surface area contributed by atoms with Gasteiger partial charge in [-0.25, -0.2) is 0 Å². The largest absolute Gasteiger partial charge is 0.481 e.